The largest absolute Gasteiger partial charge is 0.454 e. The van der Waals surface area contributed by atoms with Crippen molar-refractivity contribution in [3.05, 3.63) is 199 Å². The minimum absolute atomic E-state index is 0.350. The van der Waals surface area contributed by atoms with Crippen LogP contribution in [0.5, 0.6) is 0 Å². The van der Waals surface area contributed by atoms with Gasteiger partial charge in [-0.05, 0) is 60.7 Å². The van der Waals surface area contributed by atoms with Crippen molar-refractivity contribution in [2.24, 2.45) is 0 Å². The molecule has 0 bridgehead atoms. The van der Waals surface area contributed by atoms with Crippen LogP contribution in [0.3, 0.4) is 0 Å². The minimum Gasteiger partial charge on any atom is -0.454 e. The van der Waals surface area contributed by atoms with Crippen molar-refractivity contribution in [3.8, 4) is 29.2 Å². The molecule has 16 rings (SSSR count). The second kappa shape index (κ2) is 13.3. The molecule has 0 aliphatic rings. The molecule has 0 saturated heterocycles. The lowest BCUT2D eigenvalue weighted by atomic mass is 10.0. The quantitative estimate of drug-likeness (QED) is 0.176. The van der Waals surface area contributed by atoms with E-state index in [2.05, 4.69) is 117 Å². The van der Waals surface area contributed by atoms with E-state index in [1.165, 1.54) is 0 Å². The topological polar surface area (TPSA) is 102 Å². The zero-order valence-corrected chi connectivity index (χ0v) is 36.9. The number of fused-ring (bicyclic) bond motifs is 21. The van der Waals surface area contributed by atoms with Crippen molar-refractivity contribution in [2.45, 2.75) is 0 Å². The number of para-hydroxylation sites is 6. The highest BCUT2D eigenvalue weighted by Crippen LogP contribution is 2.49. The molecule has 10 aromatic carbocycles. The highest BCUT2D eigenvalue weighted by molar-refractivity contribution is 6.25. The maximum atomic E-state index is 12.3. The van der Waals surface area contributed by atoms with Crippen LogP contribution >= 0.6 is 0 Å². The van der Waals surface area contributed by atoms with Crippen LogP contribution < -0.4 is 0 Å². The van der Waals surface area contributed by atoms with Crippen molar-refractivity contribution in [1.29, 1.82) is 10.5 Å². The normalized spacial score (nSPS) is 12.3. The average molecular weight is 894 g/mol. The van der Waals surface area contributed by atoms with E-state index in [0.29, 0.717) is 44.9 Å². The predicted octanol–water partition coefficient (Wildman–Crippen LogP) is 16.4. The predicted molar refractivity (Wildman–Crippen MR) is 281 cm³/mol. The Balaban J connectivity index is 1.18. The summed E-state index contributed by atoms with van der Waals surface area (Å²) >= 11 is 0. The number of furan rings is 3. The molecule has 322 valence electrons. The van der Waals surface area contributed by atoms with Crippen molar-refractivity contribution < 1.29 is 13.3 Å². The molecule has 8 nitrogen and oxygen atoms in total. The smallest absolute Gasteiger partial charge is 0.160 e. The summed E-state index contributed by atoms with van der Waals surface area (Å²) in [5.41, 5.74) is 11.6. The van der Waals surface area contributed by atoms with E-state index in [4.69, 9.17) is 13.3 Å². The summed E-state index contributed by atoms with van der Waals surface area (Å²) in [4.78, 5) is 0. The highest BCUT2D eigenvalue weighted by atomic mass is 16.3. The summed E-state index contributed by atoms with van der Waals surface area (Å²) < 4.78 is 27.1. The first-order chi connectivity index (χ1) is 34.7. The molecule has 0 aliphatic heterocycles. The van der Waals surface area contributed by atoms with Crippen molar-refractivity contribution in [3.63, 3.8) is 0 Å². The first-order valence-corrected chi connectivity index (χ1v) is 23.2. The number of rotatable bonds is 3. The average Bonchev–Trinajstić information content (AvgIpc) is 4.26. The Kier molecular flexibility index (Phi) is 7.06. The van der Waals surface area contributed by atoms with Gasteiger partial charge in [-0.2, -0.15) is 10.5 Å². The molecule has 0 saturated carbocycles. The van der Waals surface area contributed by atoms with Gasteiger partial charge in [0, 0.05) is 64.6 Å². The van der Waals surface area contributed by atoms with Gasteiger partial charge in [-0.15, -0.1) is 0 Å². The minimum atomic E-state index is 0.350. The standard InChI is InChI=1S/C62H31N5O3/c63-32-34-31-51(65-48-19-7-1-13-35(48)41-25-28-44-38-16-4-10-22-52(38)68-60(44)57(41)65)47(33-64)56(67-50-21-9-3-15-37(50)43-27-30-46-40-18-6-12-24-54(40)70-62(46)59(43)67)55(34)66-49-20-8-2-14-36(49)42-26-29-45-39-17-5-11-23-53(39)69-61(45)58(42)66/h1-31H. The fraction of sp³-hybridized carbons (Fsp3) is 0. The Morgan fingerprint density at radius 1 is 0.314 bits per heavy atom. The Bertz CT molecular complexity index is 5110. The lowest BCUT2D eigenvalue weighted by Crippen LogP contribution is -2.12. The van der Waals surface area contributed by atoms with Crippen LogP contribution in [0.15, 0.2) is 201 Å². The maximum absolute atomic E-state index is 12.3. The summed E-state index contributed by atoms with van der Waals surface area (Å²) in [7, 11) is 0. The molecule has 16 aromatic rings. The van der Waals surface area contributed by atoms with Gasteiger partial charge in [-0.3, -0.25) is 0 Å². The molecule has 6 aromatic heterocycles. The third-order valence-electron chi connectivity index (χ3n) is 14.7. The Morgan fingerprint density at radius 3 is 1.07 bits per heavy atom. The van der Waals surface area contributed by atoms with E-state index in [0.717, 1.165) is 114 Å². The second-order valence-electron chi connectivity index (χ2n) is 18.1. The maximum Gasteiger partial charge on any atom is 0.160 e. The van der Waals surface area contributed by atoms with Crippen LogP contribution in [0.25, 0.3) is 148 Å². The summed E-state index contributed by atoms with van der Waals surface area (Å²) in [5.74, 6) is 0. The van der Waals surface area contributed by atoms with Gasteiger partial charge >= 0.3 is 0 Å². The first-order valence-electron chi connectivity index (χ1n) is 23.2. The Labute approximate surface area is 395 Å². The zero-order valence-electron chi connectivity index (χ0n) is 36.9. The van der Waals surface area contributed by atoms with E-state index in [-0.39, 0.29) is 0 Å². The number of aromatic nitrogens is 3. The van der Waals surface area contributed by atoms with Gasteiger partial charge in [0.25, 0.3) is 0 Å². The molecular weight excluding hydrogens is 863 g/mol. The first kappa shape index (κ1) is 37.1. The van der Waals surface area contributed by atoms with Gasteiger partial charge in [0.1, 0.15) is 34.5 Å². The van der Waals surface area contributed by atoms with Crippen LogP contribution in [-0.2, 0) is 0 Å². The third-order valence-corrected chi connectivity index (χ3v) is 14.7. The molecule has 8 heteroatoms. The molecule has 0 amide bonds. The SMILES string of the molecule is N#Cc1cc(-n2c3ccccc3c3ccc4c5ccccc5oc4c32)c(C#N)c(-n2c3ccccc3c3ccc4c5ccccc5oc4c32)c1-n1c2ccccc2c2ccc3c4ccccc4oc3c21. The van der Waals surface area contributed by atoms with Crippen LogP contribution in [0, 0.1) is 22.7 Å². The van der Waals surface area contributed by atoms with E-state index in [9.17, 15) is 10.5 Å². The van der Waals surface area contributed by atoms with Crippen molar-refractivity contribution in [1.82, 2.24) is 13.7 Å². The zero-order chi connectivity index (χ0) is 45.9. The molecule has 0 radical (unpaired) electrons. The van der Waals surface area contributed by atoms with E-state index < -0.39 is 0 Å². The fourth-order valence-electron chi connectivity index (χ4n) is 11.9. The molecular formula is C62H31N5O3. The van der Waals surface area contributed by atoms with E-state index in [1.54, 1.807) is 0 Å². The Morgan fingerprint density at radius 2 is 0.657 bits per heavy atom. The van der Waals surface area contributed by atoms with Crippen LogP contribution in [0.4, 0.5) is 0 Å². The summed E-state index contributed by atoms with van der Waals surface area (Å²) in [6, 6.07) is 69.3. The summed E-state index contributed by atoms with van der Waals surface area (Å²) in [6.07, 6.45) is 0. The van der Waals surface area contributed by atoms with Crippen molar-refractivity contribution >= 4 is 131 Å². The Hall–Kier alpha value is -10.0. The lowest BCUT2D eigenvalue weighted by molar-refractivity contribution is 0.670. The van der Waals surface area contributed by atoms with Crippen LogP contribution in [0.2, 0.25) is 0 Å². The van der Waals surface area contributed by atoms with Crippen LogP contribution in [0.1, 0.15) is 11.1 Å². The number of hydrogen-bond acceptors (Lipinski definition) is 5. The number of nitriles is 2. The number of benzene rings is 10. The molecule has 0 unspecified atom stereocenters. The molecule has 0 N–H and O–H groups in total. The molecule has 0 aliphatic carbocycles. The molecule has 0 atom stereocenters. The van der Waals surface area contributed by atoms with E-state index in [1.807, 2.05) is 97.1 Å². The lowest BCUT2D eigenvalue weighted by Gasteiger charge is -2.22. The van der Waals surface area contributed by atoms with Crippen molar-refractivity contribution in [2.75, 3.05) is 0 Å². The van der Waals surface area contributed by atoms with E-state index >= 15 is 0 Å². The van der Waals surface area contributed by atoms with Gasteiger partial charge < -0.3 is 27.0 Å². The second-order valence-corrected chi connectivity index (χ2v) is 18.1. The highest BCUT2D eigenvalue weighted by Gasteiger charge is 2.32. The third kappa shape index (κ3) is 4.57. The summed E-state index contributed by atoms with van der Waals surface area (Å²) in [5, 5.41) is 35.9. The fourth-order valence-corrected chi connectivity index (χ4v) is 11.9. The molecule has 70 heavy (non-hydrogen) atoms. The summed E-state index contributed by atoms with van der Waals surface area (Å²) in [6.45, 7) is 0. The van der Waals surface area contributed by atoms with Gasteiger partial charge in [-0.25, -0.2) is 0 Å². The number of hydrogen-bond donors (Lipinski definition) is 0. The molecule has 0 fully saturated rings. The number of nitrogens with zero attached hydrogens (tertiary/aromatic N) is 5. The monoisotopic (exact) mass is 893 g/mol. The molecule has 0 spiro atoms. The van der Waals surface area contributed by atoms with Gasteiger partial charge in [0.2, 0.25) is 0 Å². The van der Waals surface area contributed by atoms with Gasteiger partial charge in [-0.1, -0.05) is 127 Å². The van der Waals surface area contributed by atoms with Gasteiger partial charge in [0.05, 0.1) is 55.7 Å². The molecule has 6 heterocycles. The van der Waals surface area contributed by atoms with Crippen LogP contribution in [-0.4, -0.2) is 13.7 Å². The van der Waals surface area contributed by atoms with Gasteiger partial charge in [0.15, 0.2) is 16.7 Å².